The van der Waals surface area contributed by atoms with Crippen molar-refractivity contribution >= 4 is 65.3 Å². The zero-order chi connectivity index (χ0) is 31.8. The van der Waals surface area contributed by atoms with E-state index in [0.29, 0.717) is 5.56 Å². The summed E-state index contributed by atoms with van der Waals surface area (Å²) in [6.45, 7) is 0. The Morgan fingerprint density at radius 3 is 2.06 bits per heavy atom. The van der Waals surface area contributed by atoms with E-state index in [0.717, 1.165) is 55.3 Å². The molecule has 0 amide bonds. The molecule has 3 aromatic heterocycles. The van der Waals surface area contributed by atoms with Crippen molar-refractivity contribution < 1.29 is 0 Å². The second-order valence-corrected chi connectivity index (χ2v) is 12.3. The van der Waals surface area contributed by atoms with Gasteiger partial charge in [0.2, 0.25) is 0 Å². The summed E-state index contributed by atoms with van der Waals surface area (Å²) in [5, 5.41) is 18.2. The third-order valence-electron chi connectivity index (χ3n) is 9.73. The molecule has 0 aliphatic carbocycles. The molecule has 222 valence electrons. The number of aromatic nitrogens is 3. The fraction of sp³-hybridized carbons (Fsp3) is 0. The normalized spacial score (nSPS) is 11.7. The van der Waals surface area contributed by atoms with Crippen molar-refractivity contribution in [3.8, 4) is 28.7 Å². The molecule has 0 unspecified atom stereocenters. The maximum Gasteiger partial charge on any atom is 0.139 e. The first-order chi connectivity index (χ1) is 23.8. The largest absolute Gasteiger partial charge is 0.309 e. The second-order valence-electron chi connectivity index (χ2n) is 12.3. The van der Waals surface area contributed by atoms with Crippen LogP contribution >= 0.6 is 0 Å². The molecule has 0 aliphatic heterocycles. The average Bonchev–Trinajstić information content (AvgIpc) is 3.67. The third kappa shape index (κ3) is 3.73. The number of fused-ring (bicyclic) bond motifs is 9. The van der Waals surface area contributed by atoms with Crippen LogP contribution in [0.4, 0.5) is 0 Å². The molecule has 0 fully saturated rings. The molecular weight excluding hydrogens is 585 g/mol. The molecule has 0 saturated carbocycles. The van der Waals surface area contributed by atoms with Gasteiger partial charge in [0.05, 0.1) is 39.2 Å². The average molecular weight is 611 g/mol. The minimum Gasteiger partial charge on any atom is -0.309 e. The summed E-state index contributed by atoms with van der Waals surface area (Å²) in [7, 11) is 0. The van der Waals surface area contributed by atoms with Crippen molar-refractivity contribution in [3.63, 3.8) is 0 Å². The molecule has 4 nitrogen and oxygen atoms in total. The molecule has 0 aliphatic rings. The molecule has 10 rings (SSSR count). The predicted molar refractivity (Wildman–Crippen MR) is 198 cm³/mol. The van der Waals surface area contributed by atoms with Gasteiger partial charge in [0.1, 0.15) is 5.82 Å². The zero-order valence-corrected chi connectivity index (χ0v) is 25.8. The third-order valence-corrected chi connectivity index (χ3v) is 9.73. The number of nitriles is 1. The monoisotopic (exact) mass is 610 g/mol. The van der Waals surface area contributed by atoms with Crippen LogP contribution in [0.5, 0.6) is 0 Å². The van der Waals surface area contributed by atoms with Crippen molar-refractivity contribution in [3.05, 3.63) is 163 Å². The molecule has 4 heteroatoms. The summed E-state index contributed by atoms with van der Waals surface area (Å²) >= 11 is 0. The van der Waals surface area contributed by atoms with Gasteiger partial charge in [-0.1, -0.05) is 109 Å². The summed E-state index contributed by atoms with van der Waals surface area (Å²) in [5.74, 6) is 0.736. The van der Waals surface area contributed by atoms with Crippen LogP contribution in [-0.2, 0) is 0 Å². The highest BCUT2D eigenvalue weighted by atomic mass is 15.1. The van der Waals surface area contributed by atoms with Crippen molar-refractivity contribution in [2.45, 2.75) is 0 Å². The van der Waals surface area contributed by atoms with Gasteiger partial charge in [-0.15, -0.1) is 0 Å². The van der Waals surface area contributed by atoms with E-state index in [4.69, 9.17) is 4.98 Å². The van der Waals surface area contributed by atoms with Crippen molar-refractivity contribution in [2.24, 2.45) is 0 Å². The maximum absolute atomic E-state index is 10.1. The number of pyridine rings is 1. The van der Waals surface area contributed by atoms with Gasteiger partial charge in [-0.2, -0.15) is 5.26 Å². The Hall–Kier alpha value is -6.70. The fourth-order valence-corrected chi connectivity index (χ4v) is 7.69. The fourth-order valence-electron chi connectivity index (χ4n) is 7.69. The smallest absolute Gasteiger partial charge is 0.139 e. The lowest BCUT2D eigenvalue weighted by Gasteiger charge is -2.11. The van der Waals surface area contributed by atoms with E-state index in [1.807, 2.05) is 30.3 Å². The van der Waals surface area contributed by atoms with Gasteiger partial charge in [-0.05, 0) is 70.4 Å². The molecule has 0 atom stereocenters. The Kier molecular flexibility index (Phi) is 5.61. The highest BCUT2D eigenvalue weighted by Crippen LogP contribution is 2.42. The van der Waals surface area contributed by atoms with Crippen molar-refractivity contribution in [1.82, 2.24) is 14.1 Å². The topological polar surface area (TPSA) is 46.5 Å². The van der Waals surface area contributed by atoms with Crippen LogP contribution in [0.1, 0.15) is 5.56 Å². The van der Waals surface area contributed by atoms with Gasteiger partial charge >= 0.3 is 0 Å². The number of benzene rings is 7. The number of rotatable bonds is 3. The van der Waals surface area contributed by atoms with E-state index in [2.05, 4.69) is 143 Å². The molecule has 0 N–H and O–H groups in total. The van der Waals surface area contributed by atoms with Gasteiger partial charge in [-0.25, -0.2) is 4.98 Å². The quantitative estimate of drug-likeness (QED) is 0.200. The minimum absolute atomic E-state index is 0.615. The van der Waals surface area contributed by atoms with Crippen LogP contribution in [0.25, 0.3) is 87.9 Å². The number of para-hydroxylation sites is 3. The highest BCUT2D eigenvalue weighted by Gasteiger charge is 2.20. The van der Waals surface area contributed by atoms with Crippen LogP contribution in [0.3, 0.4) is 0 Å². The Balaban J connectivity index is 1.28. The van der Waals surface area contributed by atoms with Crippen LogP contribution in [0, 0.1) is 11.3 Å². The Labute approximate surface area is 276 Å². The molecule has 0 radical (unpaired) electrons. The molecule has 0 bridgehead atoms. The van der Waals surface area contributed by atoms with Crippen molar-refractivity contribution in [1.29, 1.82) is 5.26 Å². The molecule has 3 heterocycles. The maximum atomic E-state index is 10.1. The van der Waals surface area contributed by atoms with E-state index >= 15 is 0 Å². The summed E-state index contributed by atoms with van der Waals surface area (Å²) < 4.78 is 4.60. The van der Waals surface area contributed by atoms with Gasteiger partial charge < -0.3 is 4.57 Å². The summed E-state index contributed by atoms with van der Waals surface area (Å²) in [6, 6.07) is 57.9. The van der Waals surface area contributed by atoms with Gasteiger partial charge in [0.25, 0.3) is 0 Å². The summed E-state index contributed by atoms with van der Waals surface area (Å²) in [4.78, 5) is 5.07. The van der Waals surface area contributed by atoms with Crippen LogP contribution in [-0.4, -0.2) is 14.1 Å². The minimum atomic E-state index is 0.615. The SMILES string of the molecule is N#Cc1cc(-n2c3ccccc3c3c(-c4ccc5c6c7ccccc7ccc6n(-c6ccccc6)c5c4)cccc32)nc2ccccc12. The lowest BCUT2D eigenvalue weighted by Crippen LogP contribution is -1.99. The lowest BCUT2D eigenvalue weighted by atomic mass is 9.97. The second kappa shape index (κ2) is 10.2. The molecule has 0 spiro atoms. The van der Waals surface area contributed by atoms with E-state index in [1.54, 1.807) is 0 Å². The van der Waals surface area contributed by atoms with E-state index < -0.39 is 0 Å². The van der Waals surface area contributed by atoms with Crippen LogP contribution in [0.15, 0.2) is 158 Å². The van der Waals surface area contributed by atoms with Gasteiger partial charge in [0.15, 0.2) is 0 Å². The molecular formula is C44H26N4. The van der Waals surface area contributed by atoms with E-state index in [1.165, 1.54) is 32.6 Å². The molecule has 10 aromatic rings. The van der Waals surface area contributed by atoms with E-state index in [-0.39, 0.29) is 0 Å². The molecule has 7 aromatic carbocycles. The number of hydrogen-bond acceptors (Lipinski definition) is 2. The summed E-state index contributed by atoms with van der Waals surface area (Å²) in [5.41, 5.74) is 9.32. The highest BCUT2D eigenvalue weighted by molar-refractivity contribution is 6.22. The first kappa shape index (κ1) is 26.5. The molecule has 48 heavy (non-hydrogen) atoms. The zero-order valence-electron chi connectivity index (χ0n) is 25.8. The predicted octanol–water partition coefficient (Wildman–Crippen LogP) is 11.1. The van der Waals surface area contributed by atoms with Crippen LogP contribution in [0.2, 0.25) is 0 Å². The first-order valence-corrected chi connectivity index (χ1v) is 16.1. The lowest BCUT2D eigenvalue weighted by molar-refractivity contribution is 1.10. The summed E-state index contributed by atoms with van der Waals surface area (Å²) in [6.07, 6.45) is 0. The Morgan fingerprint density at radius 2 is 1.19 bits per heavy atom. The number of hydrogen-bond donors (Lipinski definition) is 0. The van der Waals surface area contributed by atoms with Gasteiger partial charge in [0, 0.05) is 32.6 Å². The molecule has 0 saturated heterocycles. The standard InChI is InChI=1S/C44H26N4/c45-27-30-26-42(46-37-18-8-6-14-32(30)37)48-38-19-9-7-16-35(38)44-34(17-10-20-39(44)48)29-21-23-36-41(25-29)47(31-12-2-1-3-13-31)40-24-22-28-11-4-5-15-33(28)43(36)40/h1-26H. The Bertz CT molecular complexity index is 2960. The van der Waals surface area contributed by atoms with E-state index in [9.17, 15) is 5.26 Å². The van der Waals surface area contributed by atoms with Crippen LogP contribution < -0.4 is 0 Å². The Morgan fingerprint density at radius 1 is 0.479 bits per heavy atom. The van der Waals surface area contributed by atoms with Crippen molar-refractivity contribution in [2.75, 3.05) is 0 Å². The number of nitrogens with zero attached hydrogens (tertiary/aromatic N) is 4. The first-order valence-electron chi connectivity index (χ1n) is 16.1. The van der Waals surface area contributed by atoms with Gasteiger partial charge in [-0.3, -0.25) is 4.57 Å².